The van der Waals surface area contributed by atoms with E-state index in [9.17, 15) is 0 Å². The van der Waals surface area contributed by atoms with Crippen molar-refractivity contribution >= 4 is 66.5 Å². The molecule has 6 heteroatoms. The number of aromatic nitrogens is 2. The third-order valence-electron chi connectivity index (χ3n) is 14.0. The summed E-state index contributed by atoms with van der Waals surface area (Å²) in [4.78, 5) is 9.98. The van der Waals surface area contributed by atoms with Crippen LogP contribution in [-0.4, -0.2) is 16.2 Å². The van der Waals surface area contributed by atoms with E-state index in [0.29, 0.717) is 6.67 Å². The normalized spacial score (nSPS) is 13.0. The van der Waals surface area contributed by atoms with Gasteiger partial charge in [0.1, 0.15) is 35.2 Å². The van der Waals surface area contributed by atoms with Gasteiger partial charge in [-0.05, 0) is 130 Å². The molecule has 69 heavy (non-hydrogen) atoms. The van der Waals surface area contributed by atoms with Crippen LogP contribution in [0.15, 0.2) is 193 Å². The summed E-state index contributed by atoms with van der Waals surface area (Å²) < 4.78 is 15.2. The monoisotopic (exact) mass is 898 g/mol. The maximum atomic E-state index is 6.78. The molecule has 8 aromatic carbocycles. The summed E-state index contributed by atoms with van der Waals surface area (Å²) in [5.41, 5.74) is 16.9. The number of ether oxygens (including phenoxy) is 1. The van der Waals surface area contributed by atoms with Crippen LogP contribution in [0, 0.1) is 6.92 Å². The Morgan fingerprint density at radius 2 is 1.09 bits per heavy atom. The topological polar surface area (TPSA) is 46.7 Å². The molecule has 0 aliphatic carbocycles. The molecule has 0 bridgehead atoms. The molecule has 0 saturated carbocycles. The molecular formula is C63H54N4O2. The molecule has 4 heterocycles. The molecule has 338 valence electrons. The Bertz CT molecular complexity index is 3760. The first kappa shape index (κ1) is 42.3. The number of anilines is 4. The largest absolute Gasteiger partial charge is 0.457 e. The van der Waals surface area contributed by atoms with E-state index in [1.165, 1.54) is 33.6 Å². The second-order valence-electron chi connectivity index (χ2n) is 20.6. The van der Waals surface area contributed by atoms with E-state index in [1.807, 2.05) is 24.4 Å². The fraction of sp³-hybridized carbons (Fsp3) is 0.159. The highest BCUT2D eigenvalue weighted by Crippen LogP contribution is 2.47. The van der Waals surface area contributed by atoms with Gasteiger partial charge in [-0.25, -0.2) is 4.98 Å². The highest BCUT2D eigenvalue weighted by Gasteiger charge is 2.30. The third-order valence-corrected chi connectivity index (χ3v) is 14.0. The fourth-order valence-corrected chi connectivity index (χ4v) is 10.1. The Morgan fingerprint density at radius 3 is 1.83 bits per heavy atom. The van der Waals surface area contributed by atoms with Gasteiger partial charge in [0.25, 0.3) is 0 Å². The molecule has 0 radical (unpaired) electrons. The minimum Gasteiger partial charge on any atom is -0.457 e. The van der Waals surface area contributed by atoms with Crippen molar-refractivity contribution < 1.29 is 9.15 Å². The van der Waals surface area contributed by atoms with Crippen LogP contribution in [0.2, 0.25) is 0 Å². The van der Waals surface area contributed by atoms with Crippen molar-refractivity contribution in [1.29, 1.82) is 0 Å². The van der Waals surface area contributed by atoms with Crippen LogP contribution in [0.3, 0.4) is 0 Å². The molecule has 0 N–H and O–H groups in total. The van der Waals surface area contributed by atoms with Crippen LogP contribution in [0.1, 0.15) is 58.2 Å². The predicted molar refractivity (Wildman–Crippen MR) is 287 cm³/mol. The zero-order chi connectivity index (χ0) is 47.2. The van der Waals surface area contributed by atoms with Crippen molar-refractivity contribution in [3.8, 4) is 39.6 Å². The molecule has 11 aromatic rings. The highest BCUT2D eigenvalue weighted by molar-refractivity contribution is 6.09. The van der Waals surface area contributed by atoms with Gasteiger partial charge in [0, 0.05) is 56.8 Å². The fourth-order valence-electron chi connectivity index (χ4n) is 10.1. The molecule has 3 aromatic heterocycles. The zero-order valence-corrected chi connectivity index (χ0v) is 40.2. The maximum Gasteiger partial charge on any atom is 0.137 e. The number of fused-ring (bicyclic) bond motifs is 7. The Morgan fingerprint density at radius 1 is 0.478 bits per heavy atom. The standard InChI is InChI=1S/C63H54N4O2/c1-40-31-61(64-38-54(40)42-25-23-41(24-26-42)43-27-29-53-52-18-9-13-22-59(52)69-60(53)32-43)67-55-19-10-8-17-50(55)51-30-28-49(37-58(51)67)68-48-16-14-15-46(36-48)65-39-66(57-21-12-11-20-56(57)65)47-34-44(62(2,3)4)33-45(35-47)63(5,6)7/h8-38H,39H2,1-7H3. The van der Waals surface area contributed by atoms with E-state index < -0.39 is 0 Å². The summed E-state index contributed by atoms with van der Waals surface area (Å²) in [7, 11) is 0. The smallest absolute Gasteiger partial charge is 0.137 e. The molecule has 0 saturated heterocycles. The molecule has 0 spiro atoms. The van der Waals surface area contributed by atoms with E-state index in [1.54, 1.807) is 0 Å². The number of nitrogens with zero attached hydrogens (tertiary/aromatic N) is 4. The maximum absolute atomic E-state index is 6.78. The van der Waals surface area contributed by atoms with E-state index in [-0.39, 0.29) is 10.8 Å². The average molecular weight is 899 g/mol. The van der Waals surface area contributed by atoms with Crippen LogP contribution < -0.4 is 14.5 Å². The van der Waals surface area contributed by atoms with Crippen LogP contribution in [0.25, 0.3) is 71.8 Å². The SMILES string of the molecule is Cc1cc(-n2c3ccccc3c3ccc(Oc4cccc(N5CN(c6cc(C(C)(C)C)cc(C(C)(C)C)c6)c6ccccc65)c4)cc32)ncc1-c1ccc(-c2ccc3c(c2)oc2ccccc23)cc1. The van der Waals surface area contributed by atoms with Crippen molar-refractivity contribution in [2.45, 2.75) is 59.3 Å². The summed E-state index contributed by atoms with van der Waals surface area (Å²) in [5.74, 6) is 2.39. The molecule has 0 amide bonds. The molecule has 6 nitrogen and oxygen atoms in total. The van der Waals surface area contributed by atoms with E-state index >= 15 is 0 Å². The van der Waals surface area contributed by atoms with Gasteiger partial charge in [0.05, 0.1) is 22.4 Å². The van der Waals surface area contributed by atoms with Crippen molar-refractivity contribution in [2.24, 2.45) is 0 Å². The van der Waals surface area contributed by atoms with E-state index in [4.69, 9.17) is 14.1 Å². The van der Waals surface area contributed by atoms with Crippen LogP contribution in [-0.2, 0) is 10.8 Å². The highest BCUT2D eigenvalue weighted by atomic mass is 16.5. The van der Waals surface area contributed by atoms with Crippen molar-refractivity contribution in [3.63, 3.8) is 0 Å². The van der Waals surface area contributed by atoms with Gasteiger partial charge in [-0.3, -0.25) is 4.57 Å². The van der Waals surface area contributed by atoms with Gasteiger partial charge in [-0.15, -0.1) is 0 Å². The van der Waals surface area contributed by atoms with Crippen molar-refractivity contribution in [1.82, 2.24) is 9.55 Å². The number of hydrogen-bond donors (Lipinski definition) is 0. The number of aryl methyl sites for hydroxylation is 1. The van der Waals surface area contributed by atoms with E-state index in [2.05, 4.69) is 227 Å². The lowest BCUT2D eigenvalue weighted by atomic mass is 9.80. The van der Waals surface area contributed by atoms with Crippen molar-refractivity contribution in [2.75, 3.05) is 16.5 Å². The number of hydrogen-bond acceptors (Lipinski definition) is 5. The first-order chi connectivity index (χ1) is 33.3. The van der Waals surface area contributed by atoms with Crippen LogP contribution >= 0.6 is 0 Å². The molecule has 0 unspecified atom stereocenters. The third kappa shape index (κ3) is 7.48. The van der Waals surface area contributed by atoms with Gasteiger partial charge in [0.15, 0.2) is 0 Å². The van der Waals surface area contributed by atoms with Crippen molar-refractivity contribution in [3.05, 3.63) is 205 Å². The minimum absolute atomic E-state index is 0.0158. The predicted octanol–water partition coefficient (Wildman–Crippen LogP) is 17.4. The average Bonchev–Trinajstić information content (AvgIpc) is 4.03. The summed E-state index contributed by atoms with van der Waals surface area (Å²) in [6.45, 7) is 16.6. The lowest BCUT2D eigenvalue weighted by Gasteiger charge is -2.29. The summed E-state index contributed by atoms with van der Waals surface area (Å²) in [5, 5.41) is 4.59. The summed E-state index contributed by atoms with van der Waals surface area (Å²) in [6.07, 6.45) is 2.01. The van der Waals surface area contributed by atoms with Gasteiger partial charge in [0.2, 0.25) is 0 Å². The number of pyridine rings is 1. The summed E-state index contributed by atoms with van der Waals surface area (Å²) >= 11 is 0. The van der Waals surface area contributed by atoms with Crippen LogP contribution in [0.5, 0.6) is 11.5 Å². The summed E-state index contributed by atoms with van der Waals surface area (Å²) in [6, 6.07) is 64.9. The molecular weight excluding hydrogens is 845 g/mol. The first-order valence-electron chi connectivity index (χ1n) is 23.9. The second-order valence-corrected chi connectivity index (χ2v) is 20.6. The quantitative estimate of drug-likeness (QED) is 0.159. The Balaban J connectivity index is 0.840. The lowest BCUT2D eigenvalue weighted by molar-refractivity contribution is 0.483. The van der Waals surface area contributed by atoms with Gasteiger partial charge >= 0.3 is 0 Å². The minimum atomic E-state index is 0.0158. The van der Waals surface area contributed by atoms with E-state index in [0.717, 1.165) is 89.2 Å². The number of benzene rings is 8. The molecule has 1 aliphatic heterocycles. The molecule has 0 fully saturated rings. The molecule has 0 atom stereocenters. The Labute approximate surface area is 403 Å². The second kappa shape index (κ2) is 16.0. The van der Waals surface area contributed by atoms with Gasteiger partial charge in [-0.1, -0.05) is 133 Å². The zero-order valence-electron chi connectivity index (χ0n) is 40.2. The number of furan rings is 1. The van der Waals surface area contributed by atoms with Crippen LogP contribution in [0.4, 0.5) is 22.7 Å². The lowest BCUT2D eigenvalue weighted by Crippen LogP contribution is -2.25. The first-order valence-corrected chi connectivity index (χ1v) is 23.9. The molecule has 1 aliphatic rings. The molecule has 12 rings (SSSR count). The Kier molecular flexibility index (Phi) is 9.82. The number of rotatable bonds is 7. The Hall–Kier alpha value is -8.09. The number of para-hydroxylation sites is 4. The van der Waals surface area contributed by atoms with Gasteiger partial charge < -0.3 is 19.0 Å². The van der Waals surface area contributed by atoms with Gasteiger partial charge in [-0.2, -0.15) is 0 Å².